The van der Waals surface area contributed by atoms with Crippen molar-refractivity contribution in [2.24, 2.45) is 0 Å². The summed E-state index contributed by atoms with van der Waals surface area (Å²) in [7, 11) is -3.85. The summed E-state index contributed by atoms with van der Waals surface area (Å²) in [6.45, 7) is 4.79. The number of hydrogen-bond donors (Lipinski definition) is 0. The van der Waals surface area contributed by atoms with Gasteiger partial charge in [-0.3, -0.25) is 0 Å². The fourth-order valence-electron chi connectivity index (χ4n) is 3.13. The van der Waals surface area contributed by atoms with Crippen molar-refractivity contribution >= 4 is 37.8 Å². The minimum atomic E-state index is -3.85. The van der Waals surface area contributed by atoms with E-state index in [9.17, 15) is 8.42 Å². The maximum atomic E-state index is 12.7. The Morgan fingerprint density at radius 3 is 2.61 bits per heavy atom. The number of nitrogens with zero attached hydrogens (tertiary/aromatic N) is 4. The lowest BCUT2D eigenvalue weighted by Crippen LogP contribution is -2.01. The van der Waals surface area contributed by atoms with Crippen molar-refractivity contribution in [1.29, 1.82) is 0 Å². The molecule has 6 nitrogen and oxygen atoms in total. The lowest BCUT2D eigenvalue weighted by Gasteiger charge is -2.13. The quantitative estimate of drug-likeness (QED) is 0.457. The predicted octanol–water partition coefficient (Wildman–Crippen LogP) is 5.09. The third-order valence-electron chi connectivity index (χ3n) is 4.63. The number of pyridine rings is 1. The Labute approximate surface area is 164 Å². The van der Waals surface area contributed by atoms with Crippen molar-refractivity contribution in [2.45, 2.75) is 38.1 Å². The Bertz CT molecular complexity index is 1250. The topological polar surface area (TPSA) is 79.0 Å². The average molecular weight is 393 g/mol. The molecule has 28 heavy (non-hydrogen) atoms. The van der Waals surface area contributed by atoms with Crippen molar-refractivity contribution in [3.05, 3.63) is 64.9 Å². The highest BCUT2D eigenvalue weighted by molar-refractivity contribution is 7.94. The molecule has 4 rings (SSSR count). The highest BCUT2D eigenvalue weighted by Crippen LogP contribution is 2.34. The van der Waals surface area contributed by atoms with Gasteiger partial charge in [-0.15, -0.1) is 0 Å². The van der Waals surface area contributed by atoms with Crippen molar-refractivity contribution in [1.82, 2.24) is 14.8 Å². The largest absolute Gasteiger partial charge is 0.372 e. The van der Waals surface area contributed by atoms with E-state index >= 15 is 0 Å². The maximum absolute atomic E-state index is 12.7. The molecule has 144 valence electrons. The lowest BCUT2D eigenvalue weighted by molar-refractivity contribution is 0.586. The molecule has 2 aromatic carbocycles. The molecule has 0 saturated heterocycles. The Morgan fingerprint density at radius 1 is 1.07 bits per heavy atom. The third-order valence-corrected chi connectivity index (χ3v) is 5.91. The van der Waals surface area contributed by atoms with E-state index in [1.165, 1.54) is 12.1 Å². The van der Waals surface area contributed by atoms with Crippen LogP contribution < -0.4 is 0 Å². The first-order valence-electron chi connectivity index (χ1n) is 9.29. The summed E-state index contributed by atoms with van der Waals surface area (Å²) in [6.07, 6.45) is 1.93. The fraction of sp³-hybridized carbons (Fsp3) is 0.238. The molecule has 0 aliphatic rings. The molecule has 0 N–H and O–H groups in total. The van der Waals surface area contributed by atoms with E-state index in [2.05, 4.69) is 16.7 Å². The Balaban J connectivity index is 1.86. The van der Waals surface area contributed by atoms with Crippen LogP contribution in [-0.2, 0) is 16.6 Å². The van der Waals surface area contributed by atoms with Gasteiger partial charge in [-0.2, -0.15) is 0 Å². The molecule has 2 aromatic heterocycles. The van der Waals surface area contributed by atoms with Crippen LogP contribution in [0, 0.1) is 6.92 Å². The molecule has 0 unspecified atom stereocenters. The zero-order valence-electron chi connectivity index (χ0n) is 15.8. The molecule has 7 heteroatoms. The Kier molecular flexibility index (Phi) is 4.77. The number of unbranched alkanes of at least 4 members (excludes halogenated alkanes) is 1. The van der Waals surface area contributed by atoms with Crippen molar-refractivity contribution < 1.29 is 8.42 Å². The van der Waals surface area contributed by atoms with Crippen LogP contribution in [0.15, 0.2) is 59.5 Å². The monoisotopic (exact) mass is 393 g/mol. The van der Waals surface area contributed by atoms with Gasteiger partial charge in [0.1, 0.15) is 5.65 Å². The van der Waals surface area contributed by atoms with Crippen molar-refractivity contribution in [3.63, 3.8) is 0 Å². The molecule has 0 aliphatic heterocycles. The summed E-state index contributed by atoms with van der Waals surface area (Å²) in [5, 5.41) is 6.07. The fourth-order valence-corrected chi connectivity index (χ4v) is 4.10. The minimum absolute atomic E-state index is 0.149. The summed E-state index contributed by atoms with van der Waals surface area (Å²) in [4.78, 5) is 4.91. The van der Waals surface area contributed by atoms with Crippen LogP contribution >= 0.6 is 0 Å². The molecule has 0 radical (unpaired) electrons. The van der Waals surface area contributed by atoms with Gasteiger partial charge in [0.25, 0.3) is 0 Å². The SMILES string of the molecule is CCCCn1nc([N-]S(=O)(=O)c2ccccc2)c2cc3ccc(C)cc3nc21. The van der Waals surface area contributed by atoms with Gasteiger partial charge in [0.05, 0.1) is 10.4 Å². The highest BCUT2D eigenvalue weighted by atomic mass is 32.2. The molecule has 0 fully saturated rings. The molecule has 0 aliphatic carbocycles. The number of aryl methyl sites for hydroxylation is 2. The number of hydrogen-bond acceptors (Lipinski definition) is 4. The van der Waals surface area contributed by atoms with E-state index < -0.39 is 10.0 Å². The molecule has 0 spiro atoms. The van der Waals surface area contributed by atoms with Gasteiger partial charge in [0, 0.05) is 17.3 Å². The predicted molar refractivity (Wildman–Crippen MR) is 111 cm³/mol. The lowest BCUT2D eigenvalue weighted by atomic mass is 10.1. The summed E-state index contributed by atoms with van der Waals surface area (Å²) in [5.41, 5.74) is 2.65. The van der Waals surface area contributed by atoms with Gasteiger partial charge in [-0.1, -0.05) is 43.7 Å². The molecule has 4 aromatic rings. The van der Waals surface area contributed by atoms with E-state index in [-0.39, 0.29) is 10.7 Å². The van der Waals surface area contributed by atoms with E-state index in [1.807, 2.05) is 31.2 Å². The zero-order chi connectivity index (χ0) is 19.7. The van der Waals surface area contributed by atoms with Crippen molar-refractivity contribution in [2.75, 3.05) is 0 Å². The van der Waals surface area contributed by atoms with Gasteiger partial charge in [-0.05, 0) is 49.0 Å². The number of sulfonamides is 1. The first kappa shape index (κ1) is 18.4. The smallest absolute Gasteiger partial charge is 0.202 e. The van der Waals surface area contributed by atoms with Crippen LogP contribution in [0.3, 0.4) is 0 Å². The number of aromatic nitrogens is 3. The summed E-state index contributed by atoms with van der Waals surface area (Å²) >= 11 is 0. The van der Waals surface area contributed by atoms with Crippen LogP contribution in [0.2, 0.25) is 0 Å². The minimum Gasteiger partial charge on any atom is -0.372 e. The van der Waals surface area contributed by atoms with Gasteiger partial charge in [0.15, 0.2) is 0 Å². The first-order valence-corrected chi connectivity index (χ1v) is 10.7. The first-order chi connectivity index (χ1) is 13.5. The summed E-state index contributed by atoms with van der Waals surface area (Å²) in [6, 6.07) is 16.1. The van der Waals surface area contributed by atoms with Crippen LogP contribution in [-0.4, -0.2) is 23.2 Å². The van der Waals surface area contributed by atoms with Gasteiger partial charge >= 0.3 is 0 Å². The summed E-state index contributed by atoms with van der Waals surface area (Å²) in [5.74, 6) is 0.185. The van der Waals surface area contributed by atoms with E-state index in [4.69, 9.17) is 4.98 Å². The number of rotatable bonds is 6. The van der Waals surface area contributed by atoms with Crippen LogP contribution in [0.1, 0.15) is 25.3 Å². The second-order valence-corrected chi connectivity index (χ2v) is 8.44. The van der Waals surface area contributed by atoms with Crippen LogP contribution in [0.5, 0.6) is 0 Å². The Morgan fingerprint density at radius 2 is 1.86 bits per heavy atom. The maximum Gasteiger partial charge on any atom is 0.202 e. The van der Waals surface area contributed by atoms with Gasteiger partial charge < -0.3 is 14.5 Å². The average Bonchev–Trinajstić information content (AvgIpc) is 3.01. The summed E-state index contributed by atoms with van der Waals surface area (Å²) < 4.78 is 31.3. The molecular formula is C21H21N4O2S-. The third kappa shape index (κ3) is 3.45. The van der Waals surface area contributed by atoms with Crippen molar-refractivity contribution in [3.8, 4) is 0 Å². The molecule has 2 heterocycles. The van der Waals surface area contributed by atoms with Gasteiger partial charge in [0.2, 0.25) is 10.0 Å². The molecule has 0 atom stereocenters. The van der Waals surface area contributed by atoms with Crippen LogP contribution in [0.25, 0.3) is 26.7 Å². The second-order valence-electron chi connectivity index (χ2n) is 6.84. The van der Waals surface area contributed by atoms with Gasteiger partial charge in [-0.25, -0.2) is 13.4 Å². The van der Waals surface area contributed by atoms with E-state index in [1.54, 1.807) is 22.9 Å². The normalized spacial score (nSPS) is 11.9. The second kappa shape index (κ2) is 7.24. The highest BCUT2D eigenvalue weighted by Gasteiger charge is 2.13. The molecule has 0 amide bonds. The van der Waals surface area contributed by atoms with Crippen LogP contribution in [0.4, 0.5) is 5.82 Å². The number of fused-ring (bicyclic) bond motifs is 2. The van der Waals surface area contributed by atoms with E-state index in [0.717, 1.165) is 29.3 Å². The van der Waals surface area contributed by atoms with E-state index in [0.29, 0.717) is 17.6 Å². The molecule has 0 bridgehead atoms. The number of benzene rings is 2. The Hall–Kier alpha value is -2.93. The molecule has 0 saturated carbocycles. The zero-order valence-corrected chi connectivity index (χ0v) is 16.6. The standard InChI is InChI=1S/C21H21N4O2S/c1-3-4-12-25-21-18(14-16-11-10-15(2)13-19(16)22-21)20(23-25)24-28(26,27)17-8-6-5-7-9-17/h5-11,13-14H,3-4,12H2,1-2H3/q-1. The molecular weight excluding hydrogens is 372 g/mol.